The molecule has 2 aromatic rings. The minimum absolute atomic E-state index is 0.170. The van der Waals surface area contributed by atoms with Gasteiger partial charge in [-0.3, -0.25) is 9.48 Å². The molecule has 0 saturated carbocycles. The van der Waals surface area contributed by atoms with Crippen LogP contribution in [0.1, 0.15) is 35.2 Å². The summed E-state index contributed by atoms with van der Waals surface area (Å²) in [6.45, 7) is 4.25. The van der Waals surface area contributed by atoms with Gasteiger partial charge in [0, 0.05) is 44.1 Å². The molecule has 1 aromatic carbocycles. The van der Waals surface area contributed by atoms with Crippen LogP contribution in [-0.4, -0.2) is 40.2 Å². The SMILES string of the molecule is O=C(c1cccc(CNCCn2cccn2)c1)N1CCCCC1. The highest BCUT2D eigenvalue weighted by Gasteiger charge is 2.18. The van der Waals surface area contributed by atoms with E-state index in [1.807, 2.05) is 40.0 Å². The van der Waals surface area contributed by atoms with Crippen LogP contribution in [0.15, 0.2) is 42.7 Å². The molecule has 5 heteroatoms. The molecule has 3 rings (SSSR count). The Morgan fingerprint density at radius 1 is 1.17 bits per heavy atom. The van der Waals surface area contributed by atoms with Crippen molar-refractivity contribution in [2.75, 3.05) is 19.6 Å². The van der Waals surface area contributed by atoms with E-state index in [-0.39, 0.29) is 5.91 Å². The first-order chi connectivity index (χ1) is 11.3. The lowest BCUT2D eigenvalue weighted by Crippen LogP contribution is -2.35. The number of nitrogens with one attached hydrogen (secondary N) is 1. The van der Waals surface area contributed by atoms with E-state index in [2.05, 4.69) is 16.5 Å². The normalized spacial score (nSPS) is 14.9. The topological polar surface area (TPSA) is 50.2 Å². The molecule has 122 valence electrons. The molecule has 1 amide bonds. The van der Waals surface area contributed by atoms with E-state index >= 15 is 0 Å². The van der Waals surface area contributed by atoms with Gasteiger partial charge in [-0.25, -0.2) is 0 Å². The average molecular weight is 312 g/mol. The zero-order valence-corrected chi connectivity index (χ0v) is 13.4. The van der Waals surface area contributed by atoms with Crippen molar-refractivity contribution in [2.24, 2.45) is 0 Å². The van der Waals surface area contributed by atoms with E-state index in [0.717, 1.165) is 56.7 Å². The third-order valence-electron chi connectivity index (χ3n) is 4.22. The Kier molecular flexibility index (Phi) is 5.42. The molecular formula is C18H24N4O. The summed E-state index contributed by atoms with van der Waals surface area (Å²) in [4.78, 5) is 14.5. The van der Waals surface area contributed by atoms with E-state index in [1.165, 1.54) is 6.42 Å². The number of likely N-dealkylation sites (tertiary alicyclic amines) is 1. The first-order valence-electron chi connectivity index (χ1n) is 8.39. The number of carbonyl (C=O) groups is 1. The summed E-state index contributed by atoms with van der Waals surface area (Å²) < 4.78 is 1.91. The molecule has 1 aliphatic heterocycles. The van der Waals surface area contributed by atoms with Crippen LogP contribution >= 0.6 is 0 Å². The van der Waals surface area contributed by atoms with Gasteiger partial charge in [0.2, 0.25) is 0 Å². The van der Waals surface area contributed by atoms with Gasteiger partial charge in [0.05, 0.1) is 6.54 Å². The summed E-state index contributed by atoms with van der Waals surface area (Å²) in [5.74, 6) is 0.170. The molecule has 1 aliphatic rings. The molecule has 0 atom stereocenters. The van der Waals surface area contributed by atoms with Crippen molar-refractivity contribution < 1.29 is 4.79 Å². The number of carbonyl (C=O) groups excluding carboxylic acids is 1. The van der Waals surface area contributed by atoms with Crippen LogP contribution in [0.25, 0.3) is 0 Å². The zero-order chi connectivity index (χ0) is 15.9. The average Bonchev–Trinajstić information content (AvgIpc) is 3.13. The predicted octanol–water partition coefficient (Wildman–Crippen LogP) is 2.30. The van der Waals surface area contributed by atoms with E-state index in [4.69, 9.17) is 0 Å². The van der Waals surface area contributed by atoms with Crippen LogP contribution in [0.2, 0.25) is 0 Å². The van der Waals surface area contributed by atoms with Crippen LogP contribution in [-0.2, 0) is 13.1 Å². The van der Waals surface area contributed by atoms with E-state index in [0.29, 0.717) is 0 Å². The minimum atomic E-state index is 0.170. The maximum absolute atomic E-state index is 12.5. The molecule has 23 heavy (non-hydrogen) atoms. The summed E-state index contributed by atoms with van der Waals surface area (Å²) in [5.41, 5.74) is 1.95. The number of amides is 1. The number of hydrogen-bond donors (Lipinski definition) is 1. The van der Waals surface area contributed by atoms with Crippen LogP contribution < -0.4 is 5.32 Å². The van der Waals surface area contributed by atoms with E-state index in [1.54, 1.807) is 6.20 Å². The van der Waals surface area contributed by atoms with Gasteiger partial charge in [-0.15, -0.1) is 0 Å². The van der Waals surface area contributed by atoms with Gasteiger partial charge in [0.1, 0.15) is 0 Å². The molecule has 0 unspecified atom stereocenters. The summed E-state index contributed by atoms with van der Waals surface area (Å²) in [6, 6.07) is 9.90. The third-order valence-corrected chi connectivity index (χ3v) is 4.22. The molecule has 0 bridgehead atoms. The predicted molar refractivity (Wildman–Crippen MR) is 90.1 cm³/mol. The fourth-order valence-electron chi connectivity index (χ4n) is 2.95. The first kappa shape index (κ1) is 15.7. The second-order valence-corrected chi connectivity index (χ2v) is 6.00. The number of aromatic nitrogens is 2. The van der Waals surface area contributed by atoms with Gasteiger partial charge in [-0.2, -0.15) is 5.10 Å². The molecule has 0 aliphatic carbocycles. The van der Waals surface area contributed by atoms with Crippen molar-refractivity contribution >= 4 is 5.91 Å². The van der Waals surface area contributed by atoms with Crippen LogP contribution in [0, 0.1) is 0 Å². The van der Waals surface area contributed by atoms with Crippen LogP contribution in [0.4, 0.5) is 0 Å². The number of benzene rings is 1. The highest BCUT2D eigenvalue weighted by Crippen LogP contribution is 2.14. The molecule has 1 aromatic heterocycles. The van der Waals surface area contributed by atoms with Crippen molar-refractivity contribution in [1.29, 1.82) is 0 Å². The summed E-state index contributed by atoms with van der Waals surface area (Å²) in [7, 11) is 0. The van der Waals surface area contributed by atoms with Crippen molar-refractivity contribution in [3.8, 4) is 0 Å². The first-order valence-corrected chi connectivity index (χ1v) is 8.39. The Balaban J connectivity index is 1.51. The van der Waals surface area contributed by atoms with Crippen molar-refractivity contribution in [3.63, 3.8) is 0 Å². The minimum Gasteiger partial charge on any atom is -0.339 e. The summed E-state index contributed by atoms with van der Waals surface area (Å²) >= 11 is 0. The molecular weight excluding hydrogens is 288 g/mol. The largest absolute Gasteiger partial charge is 0.339 e. The molecule has 1 N–H and O–H groups in total. The maximum atomic E-state index is 12.5. The maximum Gasteiger partial charge on any atom is 0.253 e. The second-order valence-electron chi connectivity index (χ2n) is 6.00. The molecule has 0 spiro atoms. The second kappa shape index (κ2) is 7.92. The summed E-state index contributed by atoms with van der Waals surface area (Å²) in [6.07, 6.45) is 7.24. The van der Waals surface area contributed by atoms with Gasteiger partial charge in [-0.05, 0) is 43.0 Å². The molecule has 2 heterocycles. The lowest BCUT2D eigenvalue weighted by atomic mass is 10.1. The molecule has 0 radical (unpaired) electrons. The van der Waals surface area contributed by atoms with Gasteiger partial charge >= 0.3 is 0 Å². The molecule has 1 fully saturated rings. The molecule has 1 saturated heterocycles. The van der Waals surface area contributed by atoms with Gasteiger partial charge < -0.3 is 10.2 Å². The van der Waals surface area contributed by atoms with Gasteiger partial charge in [0.25, 0.3) is 5.91 Å². The molecule has 5 nitrogen and oxygen atoms in total. The highest BCUT2D eigenvalue weighted by molar-refractivity contribution is 5.94. The summed E-state index contributed by atoms with van der Waals surface area (Å²) in [5, 5.41) is 7.58. The highest BCUT2D eigenvalue weighted by atomic mass is 16.2. The smallest absolute Gasteiger partial charge is 0.253 e. The zero-order valence-electron chi connectivity index (χ0n) is 13.4. The Morgan fingerprint density at radius 2 is 2.04 bits per heavy atom. The standard InChI is InChI=1S/C18H24N4O/c23-18(21-10-2-1-3-11-21)17-7-4-6-16(14-17)15-19-9-13-22-12-5-8-20-22/h4-8,12,14,19H,1-3,9-11,13,15H2. The van der Waals surface area contributed by atoms with Crippen molar-refractivity contribution in [1.82, 2.24) is 20.0 Å². The third kappa shape index (κ3) is 4.42. The van der Waals surface area contributed by atoms with Gasteiger partial charge in [-0.1, -0.05) is 12.1 Å². The Hall–Kier alpha value is -2.14. The Morgan fingerprint density at radius 3 is 2.83 bits per heavy atom. The quantitative estimate of drug-likeness (QED) is 0.833. The Bertz CT molecular complexity index is 618. The van der Waals surface area contributed by atoms with Crippen LogP contribution in [0.3, 0.4) is 0 Å². The fraction of sp³-hybridized carbons (Fsp3) is 0.444. The van der Waals surface area contributed by atoms with Crippen LogP contribution in [0.5, 0.6) is 0 Å². The van der Waals surface area contributed by atoms with E-state index < -0.39 is 0 Å². The lowest BCUT2D eigenvalue weighted by Gasteiger charge is -2.26. The van der Waals surface area contributed by atoms with Crippen molar-refractivity contribution in [2.45, 2.75) is 32.4 Å². The van der Waals surface area contributed by atoms with Gasteiger partial charge in [0.15, 0.2) is 0 Å². The lowest BCUT2D eigenvalue weighted by molar-refractivity contribution is 0.0724. The fourth-order valence-corrected chi connectivity index (χ4v) is 2.95. The number of nitrogens with zero attached hydrogens (tertiary/aromatic N) is 3. The number of rotatable bonds is 6. The number of hydrogen-bond acceptors (Lipinski definition) is 3. The van der Waals surface area contributed by atoms with Crippen molar-refractivity contribution in [3.05, 3.63) is 53.9 Å². The number of piperidine rings is 1. The monoisotopic (exact) mass is 312 g/mol. The Labute approximate surface area is 137 Å². The van der Waals surface area contributed by atoms with E-state index in [9.17, 15) is 4.79 Å².